The quantitative estimate of drug-likeness (QED) is 0.829. The molecule has 2 rings (SSSR count). The van der Waals surface area contributed by atoms with Crippen molar-refractivity contribution in [3.8, 4) is 5.75 Å². The average Bonchev–Trinajstić information content (AvgIpc) is 2.40. The maximum absolute atomic E-state index is 12.3. The molecule has 0 heterocycles. The van der Waals surface area contributed by atoms with Gasteiger partial charge in [-0.3, -0.25) is 4.79 Å². The highest BCUT2D eigenvalue weighted by atomic mass is 16.5. The van der Waals surface area contributed by atoms with Crippen LogP contribution < -0.4 is 15.8 Å². The molecule has 1 aliphatic rings. The van der Waals surface area contributed by atoms with Crippen LogP contribution in [0.1, 0.15) is 44.9 Å². The Kier molecular flexibility index (Phi) is 5.27. The summed E-state index contributed by atoms with van der Waals surface area (Å²) in [5.41, 5.74) is 7.16. The zero-order valence-electron chi connectivity index (χ0n) is 12.2. The van der Waals surface area contributed by atoms with Gasteiger partial charge in [-0.25, -0.2) is 0 Å². The Balaban J connectivity index is 1.99. The summed E-state index contributed by atoms with van der Waals surface area (Å²) in [5.74, 6) is 0.923. The lowest BCUT2D eigenvalue weighted by Gasteiger charge is -2.19. The van der Waals surface area contributed by atoms with Gasteiger partial charge in [-0.15, -0.1) is 0 Å². The van der Waals surface area contributed by atoms with Crippen LogP contribution >= 0.6 is 0 Å². The van der Waals surface area contributed by atoms with E-state index in [1.165, 1.54) is 19.3 Å². The lowest BCUT2D eigenvalue weighted by Crippen LogP contribution is -2.24. The van der Waals surface area contributed by atoms with Gasteiger partial charge in [-0.2, -0.15) is 0 Å². The van der Waals surface area contributed by atoms with Gasteiger partial charge in [0.15, 0.2) is 0 Å². The van der Waals surface area contributed by atoms with Crippen LogP contribution in [-0.4, -0.2) is 13.0 Å². The maximum Gasteiger partial charge on any atom is 0.227 e. The summed E-state index contributed by atoms with van der Waals surface area (Å²) in [7, 11) is 1.60. The van der Waals surface area contributed by atoms with E-state index in [0.717, 1.165) is 25.7 Å². The molecule has 1 aromatic rings. The molecule has 0 unspecified atom stereocenters. The highest BCUT2D eigenvalue weighted by molar-refractivity contribution is 5.95. The lowest BCUT2D eigenvalue weighted by atomic mass is 9.90. The molecule has 1 aliphatic carbocycles. The third kappa shape index (κ3) is 3.89. The first-order chi connectivity index (χ1) is 9.70. The second-order valence-electron chi connectivity index (χ2n) is 5.48. The second kappa shape index (κ2) is 7.17. The van der Waals surface area contributed by atoms with E-state index in [1.54, 1.807) is 19.2 Å². The van der Waals surface area contributed by atoms with E-state index in [4.69, 9.17) is 10.5 Å². The fourth-order valence-corrected chi connectivity index (χ4v) is 2.73. The van der Waals surface area contributed by atoms with Crippen LogP contribution in [0.3, 0.4) is 0 Å². The number of anilines is 2. The minimum absolute atomic E-state index is 0.101. The number of nitrogens with two attached hydrogens (primary N) is 1. The molecular weight excluding hydrogens is 252 g/mol. The van der Waals surface area contributed by atoms with Crippen molar-refractivity contribution in [3.63, 3.8) is 0 Å². The molecule has 0 aromatic heterocycles. The van der Waals surface area contributed by atoms with Gasteiger partial charge in [0.1, 0.15) is 5.75 Å². The summed E-state index contributed by atoms with van der Waals surface area (Å²) in [5, 5.41) is 2.96. The first kappa shape index (κ1) is 14.7. The number of ether oxygens (including phenoxy) is 1. The van der Waals surface area contributed by atoms with Crippen LogP contribution in [0.15, 0.2) is 18.2 Å². The summed E-state index contributed by atoms with van der Waals surface area (Å²) in [6, 6.07) is 5.34. The Labute approximate surface area is 120 Å². The fraction of sp³-hybridized carbons (Fsp3) is 0.562. The van der Waals surface area contributed by atoms with E-state index in [1.807, 2.05) is 6.07 Å². The molecule has 0 saturated heterocycles. The zero-order valence-corrected chi connectivity index (χ0v) is 12.2. The van der Waals surface area contributed by atoms with E-state index < -0.39 is 0 Å². The predicted octanol–water partition coefficient (Wildman–Crippen LogP) is 3.58. The lowest BCUT2D eigenvalue weighted by molar-refractivity contribution is -0.120. The number of carbonyl (C=O) groups is 1. The van der Waals surface area contributed by atoms with Gasteiger partial charge in [0.2, 0.25) is 5.91 Å². The highest BCUT2D eigenvalue weighted by Crippen LogP contribution is 2.27. The second-order valence-corrected chi connectivity index (χ2v) is 5.48. The Morgan fingerprint density at radius 1 is 1.20 bits per heavy atom. The van der Waals surface area contributed by atoms with Crippen LogP contribution in [0, 0.1) is 5.92 Å². The molecule has 20 heavy (non-hydrogen) atoms. The summed E-state index contributed by atoms with van der Waals surface area (Å²) >= 11 is 0. The van der Waals surface area contributed by atoms with Crippen molar-refractivity contribution >= 4 is 17.3 Å². The zero-order chi connectivity index (χ0) is 14.4. The molecule has 1 amide bonds. The van der Waals surface area contributed by atoms with Gasteiger partial charge in [0, 0.05) is 12.0 Å². The molecule has 1 aromatic carbocycles. The summed E-state index contributed by atoms with van der Waals surface area (Å²) in [6.45, 7) is 0. The normalized spacial score (nSPS) is 17.1. The fourth-order valence-electron chi connectivity index (χ4n) is 2.73. The number of hydrogen-bond acceptors (Lipinski definition) is 3. The van der Waals surface area contributed by atoms with Gasteiger partial charge in [0.25, 0.3) is 0 Å². The molecule has 0 spiro atoms. The number of amides is 1. The molecule has 1 saturated carbocycles. The van der Waals surface area contributed by atoms with Gasteiger partial charge in [-0.05, 0) is 25.0 Å². The molecule has 4 nitrogen and oxygen atoms in total. The van der Waals surface area contributed by atoms with E-state index in [-0.39, 0.29) is 11.8 Å². The molecule has 0 bridgehead atoms. The Morgan fingerprint density at radius 3 is 2.45 bits per heavy atom. The first-order valence-corrected chi connectivity index (χ1v) is 7.45. The van der Waals surface area contributed by atoms with Crippen molar-refractivity contribution < 1.29 is 9.53 Å². The molecule has 110 valence electrons. The van der Waals surface area contributed by atoms with Gasteiger partial charge >= 0.3 is 0 Å². The minimum Gasteiger partial charge on any atom is -0.497 e. The van der Waals surface area contributed by atoms with Crippen LogP contribution in [0.5, 0.6) is 5.75 Å². The molecule has 1 fully saturated rings. The topological polar surface area (TPSA) is 64.3 Å². The van der Waals surface area contributed by atoms with Crippen LogP contribution in [0.2, 0.25) is 0 Å². The molecule has 4 heteroatoms. The predicted molar refractivity (Wildman–Crippen MR) is 81.8 cm³/mol. The molecule has 0 atom stereocenters. The summed E-state index contributed by atoms with van der Waals surface area (Å²) in [4.78, 5) is 12.3. The SMILES string of the molecule is COc1ccc(NC(=O)C2CCCCCCC2)c(N)c1. The molecule has 0 radical (unpaired) electrons. The number of nitrogens with one attached hydrogen (secondary N) is 1. The number of nitrogen functional groups attached to an aromatic ring is 1. The monoisotopic (exact) mass is 276 g/mol. The van der Waals surface area contributed by atoms with Crippen molar-refractivity contribution in [2.45, 2.75) is 44.9 Å². The number of methoxy groups -OCH3 is 1. The Bertz CT molecular complexity index is 452. The van der Waals surface area contributed by atoms with Gasteiger partial charge < -0.3 is 15.8 Å². The number of rotatable bonds is 3. The van der Waals surface area contributed by atoms with E-state index >= 15 is 0 Å². The maximum atomic E-state index is 12.3. The van der Waals surface area contributed by atoms with E-state index in [9.17, 15) is 4.79 Å². The van der Waals surface area contributed by atoms with Crippen LogP contribution in [0.4, 0.5) is 11.4 Å². The molecule has 0 aliphatic heterocycles. The van der Waals surface area contributed by atoms with Crippen molar-refractivity contribution in [2.75, 3.05) is 18.2 Å². The van der Waals surface area contributed by atoms with Gasteiger partial charge in [0.05, 0.1) is 18.5 Å². The third-order valence-electron chi connectivity index (χ3n) is 3.99. The van der Waals surface area contributed by atoms with Crippen molar-refractivity contribution in [3.05, 3.63) is 18.2 Å². The minimum atomic E-state index is 0.101. The Morgan fingerprint density at radius 2 is 1.85 bits per heavy atom. The summed E-state index contributed by atoms with van der Waals surface area (Å²) in [6.07, 6.45) is 8.07. The standard InChI is InChI=1S/C16H24N2O2/c1-20-13-9-10-15(14(17)11-13)18-16(19)12-7-5-3-2-4-6-8-12/h9-12H,2-8,17H2,1H3,(H,18,19). The van der Waals surface area contributed by atoms with Gasteiger partial charge in [-0.1, -0.05) is 32.1 Å². The Hall–Kier alpha value is -1.71. The average molecular weight is 276 g/mol. The molecular formula is C16H24N2O2. The third-order valence-corrected chi connectivity index (χ3v) is 3.99. The highest BCUT2D eigenvalue weighted by Gasteiger charge is 2.20. The number of benzene rings is 1. The number of hydrogen-bond donors (Lipinski definition) is 2. The van der Waals surface area contributed by atoms with Crippen molar-refractivity contribution in [2.24, 2.45) is 5.92 Å². The summed E-state index contributed by atoms with van der Waals surface area (Å²) < 4.78 is 5.11. The number of carbonyl (C=O) groups excluding carboxylic acids is 1. The first-order valence-electron chi connectivity index (χ1n) is 7.45. The van der Waals surface area contributed by atoms with Crippen LogP contribution in [-0.2, 0) is 4.79 Å². The van der Waals surface area contributed by atoms with Crippen molar-refractivity contribution in [1.82, 2.24) is 0 Å². The van der Waals surface area contributed by atoms with E-state index in [0.29, 0.717) is 17.1 Å². The molecule has 3 N–H and O–H groups in total. The van der Waals surface area contributed by atoms with Crippen molar-refractivity contribution in [1.29, 1.82) is 0 Å². The smallest absolute Gasteiger partial charge is 0.227 e. The van der Waals surface area contributed by atoms with Crippen LogP contribution in [0.25, 0.3) is 0 Å². The largest absolute Gasteiger partial charge is 0.497 e. The van der Waals surface area contributed by atoms with E-state index in [2.05, 4.69) is 5.32 Å².